The smallest absolute Gasteiger partial charge is 0.228 e. The van der Waals surface area contributed by atoms with Crippen LogP contribution in [-0.4, -0.2) is 27.8 Å². The Labute approximate surface area is 217 Å². The van der Waals surface area contributed by atoms with Crippen molar-refractivity contribution in [1.29, 1.82) is 0 Å². The second-order valence-electron chi connectivity index (χ2n) is 8.75. The van der Waals surface area contributed by atoms with Crippen LogP contribution in [0.15, 0.2) is 84.0 Å². The zero-order valence-electron chi connectivity index (χ0n) is 21.1. The molecule has 1 heterocycles. The Hall–Kier alpha value is -3.58. The van der Waals surface area contributed by atoms with E-state index in [1.807, 2.05) is 66.9 Å². The maximum Gasteiger partial charge on any atom is 0.228 e. The maximum atomic E-state index is 13.2. The second-order valence-corrected chi connectivity index (χ2v) is 9.70. The van der Waals surface area contributed by atoms with E-state index in [-0.39, 0.29) is 17.9 Å². The van der Waals surface area contributed by atoms with Gasteiger partial charge in [-0.05, 0) is 55.7 Å². The van der Waals surface area contributed by atoms with E-state index >= 15 is 0 Å². The van der Waals surface area contributed by atoms with Crippen molar-refractivity contribution in [3.05, 3.63) is 101 Å². The average molecular weight is 501 g/mol. The third-order valence-corrected chi connectivity index (χ3v) is 7.13. The number of rotatable bonds is 10. The van der Waals surface area contributed by atoms with Crippen molar-refractivity contribution in [2.45, 2.75) is 50.1 Å². The number of aryl methyl sites for hydroxylation is 1. The molecule has 2 unspecified atom stereocenters. The summed E-state index contributed by atoms with van der Waals surface area (Å²) in [6, 6.07) is 25.9. The molecule has 186 valence electrons. The lowest BCUT2D eigenvalue weighted by Crippen LogP contribution is -2.32. The van der Waals surface area contributed by atoms with Crippen LogP contribution in [0.2, 0.25) is 0 Å². The van der Waals surface area contributed by atoms with Gasteiger partial charge in [-0.15, -0.1) is 10.2 Å². The quantitative estimate of drug-likeness (QED) is 0.261. The van der Waals surface area contributed by atoms with Gasteiger partial charge in [0.1, 0.15) is 5.75 Å². The molecule has 0 fully saturated rings. The van der Waals surface area contributed by atoms with Crippen molar-refractivity contribution in [2.75, 3.05) is 7.11 Å². The van der Waals surface area contributed by atoms with Crippen LogP contribution in [0, 0.1) is 6.92 Å². The highest BCUT2D eigenvalue weighted by Crippen LogP contribution is 2.29. The lowest BCUT2D eigenvalue weighted by atomic mass is 9.95. The predicted molar refractivity (Wildman–Crippen MR) is 145 cm³/mol. The van der Waals surface area contributed by atoms with Crippen molar-refractivity contribution in [2.24, 2.45) is 0 Å². The predicted octanol–water partition coefficient (Wildman–Crippen LogP) is 6.25. The Kier molecular flexibility index (Phi) is 8.44. The first-order valence-electron chi connectivity index (χ1n) is 12.1. The van der Waals surface area contributed by atoms with Crippen LogP contribution in [0.4, 0.5) is 0 Å². The number of carbonyl (C=O) groups is 1. The number of nitrogens with zero attached hydrogens (tertiary/aromatic N) is 3. The first-order chi connectivity index (χ1) is 17.5. The highest BCUT2D eigenvalue weighted by atomic mass is 32.2. The number of aromatic nitrogens is 3. The summed E-state index contributed by atoms with van der Waals surface area (Å²) in [6.07, 6.45) is 0.717. The minimum Gasteiger partial charge on any atom is -0.497 e. The zero-order chi connectivity index (χ0) is 25.5. The Balaban J connectivity index is 1.60. The molecule has 0 radical (unpaired) electrons. The molecule has 0 aliphatic rings. The molecule has 0 bridgehead atoms. The van der Waals surface area contributed by atoms with Gasteiger partial charge >= 0.3 is 0 Å². The molecule has 0 saturated carbocycles. The topological polar surface area (TPSA) is 69.0 Å². The molecule has 1 aromatic heterocycles. The Morgan fingerprint density at radius 2 is 1.78 bits per heavy atom. The van der Waals surface area contributed by atoms with Gasteiger partial charge in [-0.1, -0.05) is 78.8 Å². The number of hydrogen-bond acceptors (Lipinski definition) is 5. The molecule has 4 rings (SSSR count). The SMILES string of the molecule is CCC(C(=O)NC(C)c1nnc(SCc2cccc(OC)c2)n1-c1ccc(C)cc1)c1ccccc1. The van der Waals surface area contributed by atoms with E-state index in [4.69, 9.17) is 4.74 Å². The molecule has 0 aliphatic carbocycles. The van der Waals surface area contributed by atoms with Crippen molar-refractivity contribution < 1.29 is 9.53 Å². The van der Waals surface area contributed by atoms with E-state index in [1.165, 1.54) is 5.56 Å². The highest BCUT2D eigenvalue weighted by Gasteiger charge is 2.25. The van der Waals surface area contributed by atoms with Gasteiger partial charge in [0.25, 0.3) is 0 Å². The summed E-state index contributed by atoms with van der Waals surface area (Å²) < 4.78 is 7.40. The minimum absolute atomic E-state index is 0.0137. The van der Waals surface area contributed by atoms with Crippen molar-refractivity contribution in [1.82, 2.24) is 20.1 Å². The van der Waals surface area contributed by atoms with Crippen LogP contribution in [0.25, 0.3) is 5.69 Å². The maximum absolute atomic E-state index is 13.2. The zero-order valence-corrected chi connectivity index (χ0v) is 22.0. The fourth-order valence-electron chi connectivity index (χ4n) is 4.14. The van der Waals surface area contributed by atoms with E-state index in [1.54, 1.807) is 18.9 Å². The van der Waals surface area contributed by atoms with E-state index < -0.39 is 0 Å². The Morgan fingerprint density at radius 3 is 2.47 bits per heavy atom. The van der Waals surface area contributed by atoms with Crippen LogP contribution in [0.3, 0.4) is 0 Å². The van der Waals surface area contributed by atoms with Crippen LogP contribution in [0.1, 0.15) is 54.7 Å². The largest absolute Gasteiger partial charge is 0.497 e. The third-order valence-electron chi connectivity index (χ3n) is 6.13. The van der Waals surface area contributed by atoms with Gasteiger partial charge in [0.15, 0.2) is 11.0 Å². The minimum atomic E-state index is -0.324. The number of amides is 1. The summed E-state index contributed by atoms with van der Waals surface area (Å²) in [5.74, 6) is 2.01. The summed E-state index contributed by atoms with van der Waals surface area (Å²) >= 11 is 1.60. The fourth-order valence-corrected chi connectivity index (χ4v) is 5.04. The number of benzene rings is 3. The fraction of sp³-hybridized carbons (Fsp3) is 0.276. The molecule has 0 spiro atoms. The van der Waals surface area contributed by atoms with E-state index in [2.05, 4.69) is 52.8 Å². The van der Waals surface area contributed by atoms with Crippen molar-refractivity contribution in [3.8, 4) is 11.4 Å². The number of nitrogens with one attached hydrogen (secondary N) is 1. The summed E-state index contributed by atoms with van der Waals surface area (Å²) in [4.78, 5) is 13.2. The summed E-state index contributed by atoms with van der Waals surface area (Å²) in [6.45, 7) is 6.05. The van der Waals surface area contributed by atoms with Crippen molar-refractivity contribution >= 4 is 17.7 Å². The molecule has 3 aromatic carbocycles. The van der Waals surface area contributed by atoms with Crippen LogP contribution >= 0.6 is 11.8 Å². The highest BCUT2D eigenvalue weighted by molar-refractivity contribution is 7.98. The van der Waals surface area contributed by atoms with E-state index in [0.29, 0.717) is 11.6 Å². The van der Waals surface area contributed by atoms with Gasteiger partial charge < -0.3 is 10.1 Å². The lowest BCUT2D eigenvalue weighted by Gasteiger charge is -2.20. The summed E-state index contributed by atoms with van der Waals surface area (Å²) in [7, 11) is 1.67. The number of thioether (sulfide) groups is 1. The van der Waals surface area contributed by atoms with Gasteiger partial charge in [-0.25, -0.2) is 0 Å². The molecule has 36 heavy (non-hydrogen) atoms. The second kappa shape index (κ2) is 11.9. The van der Waals surface area contributed by atoms with Crippen LogP contribution < -0.4 is 10.1 Å². The van der Waals surface area contributed by atoms with Gasteiger partial charge in [-0.3, -0.25) is 9.36 Å². The number of ether oxygens (including phenoxy) is 1. The Morgan fingerprint density at radius 1 is 1.03 bits per heavy atom. The molecule has 4 aromatic rings. The standard InChI is InChI=1S/C29H32N4O2S/c1-5-26(23-11-7-6-8-12-23)28(34)30-21(3)27-31-32-29(33(27)24-16-14-20(2)15-17-24)36-19-22-10-9-13-25(18-22)35-4/h6-18,21,26H,5,19H2,1-4H3,(H,30,34). The normalized spacial score (nSPS) is 12.7. The Bertz CT molecular complexity index is 1290. The van der Waals surface area contributed by atoms with E-state index in [0.717, 1.165) is 34.1 Å². The van der Waals surface area contributed by atoms with Crippen LogP contribution in [-0.2, 0) is 10.5 Å². The molecule has 1 amide bonds. The molecule has 2 atom stereocenters. The average Bonchev–Trinajstić information content (AvgIpc) is 3.33. The van der Waals surface area contributed by atoms with E-state index in [9.17, 15) is 4.79 Å². The monoisotopic (exact) mass is 500 g/mol. The van der Waals surface area contributed by atoms with Crippen LogP contribution in [0.5, 0.6) is 5.75 Å². The van der Waals surface area contributed by atoms with Crippen molar-refractivity contribution in [3.63, 3.8) is 0 Å². The molecule has 6 nitrogen and oxygen atoms in total. The third kappa shape index (κ3) is 5.97. The first kappa shape index (κ1) is 25.5. The molecular formula is C29H32N4O2S. The number of carbonyl (C=O) groups excluding carboxylic acids is 1. The molecule has 1 N–H and O–H groups in total. The molecule has 0 aliphatic heterocycles. The first-order valence-corrected chi connectivity index (χ1v) is 13.1. The van der Waals surface area contributed by atoms with Gasteiger partial charge in [0.05, 0.1) is 19.1 Å². The molecular weight excluding hydrogens is 468 g/mol. The van der Waals surface area contributed by atoms with Gasteiger partial charge in [0.2, 0.25) is 5.91 Å². The summed E-state index contributed by atoms with van der Waals surface area (Å²) in [5.41, 5.74) is 4.28. The molecule has 7 heteroatoms. The van der Waals surface area contributed by atoms with Gasteiger partial charge in [-0.2, -0.15) is 0 Å². The number of methoxy groups -OCH3 is 1. The summed E-state index contributed by atoms with van der Waals surface area (Å²) in [5, 5.41) is 13.0. The molecule has 0 saturated heterocycles. The number of hydrogen-bond donors (Lipinski definition) is 1. The lowest BCUT2D eigenvalue weighted by molar-refractivity contribution is -0.123. The van der Waals surface area contributed by atoms with Gasteiger partial charge in [0, 0.05) is 11.4 Å².